The molecule has 0 spiro atoms. The quantitative estimate of drug-likeness (QED) is 0.161. The molecular weight excluding hydrogens is 315 g/mol. The van der Waals surface area contributed by atoms with E-state index in [1.165, 1.54) is 0 Å². The Balaban J connectivity index is -0.00000000211. The van der Waals surface area contributed by atoms with Crippen molar-refractivity contribution in [2.45, 2.75) is 0 Å². The molecule has 0 aliphatic rings. The third-order valence-corrected chi connectivity index (χ3v) is 0. The summed E-state index contributed by atoms with van der Waals surface area (Å²) in [7, 11) is 0. The largest absolute Gasteiger partial charge is 0.255 e. The van der Waals surface area contributed by atoms with Gasteiger partial charge in [-0.3, -0.25) is 10.5 Å². The van der Waals surface area contributed by atoms with E-state index in [0.717, 1.165) is 0 Å². The Morgan fingerprint density at radius 1 is 0.688 bits per heavy atom. The van der Waals surface area contributed by atoms with Crippen molar-refractivity contribution in [3.63, 3.8) is 0 Å². The van der Waals surface area contributed by atoms with Crippen LogP contribution in [-0.4, -0.2) is 85.0 Å². The molecule has 21 N–H and O–H groups in total. The van der Waals surface area contributed by atoms with E-state index in [1.54, 1.807) is 0 Å². The maximum atomic E-state index is 8.58. The van der Waals surface area contributed by atoms with Crippen LogP contribution in [0.5, 0.6) is 0 Å². The third-order valence-electron chi connectivity index (χ3n) is 0. The first kappa shape index (κ1) is 150. The van der Waals surface area contributed by atoms with E-state index in [2.05, 4.69) is 5.04 Å². The van der Waals surface area contributed by atoms with Gasteiger partial charge in [0.05, 0.1) is 0 Å². The van der Waals surface area contributed by atoms with Crippen molar-refractivity contribution < 1.29 is 77.7 Å². The molecule has 0 aromatic carbocycles. The molecule has 16 heavy (non-hydrogen) atoms. The fourth-order valence-electron chi connectivity index (χ4n) is 0. The molecule has 0 aromatic rings. The first-order valence-corrected chi connectivity index (χ1v) is 2.55. The molecule has 0 aliphatic heterocycles. The molecule has 116 valence electrons. The fraction of sp³-hybridized carbons (Fsp3) is 0. The van der Waals surface area contributed by atoms with Crippen LogP contribution in [0.3, 0.4) is 0 Å². The number of hydrogen-bond acceptors (Lipinski definition) is 6. The Morgan fingerprint density at radius 3 is 0.688 bits per heavy atom. The fourth-order valence-corrected chi connectivity index (χ4v) is 0. The van der Waals surface area contributed by atoms with Gasteiger partial charge < -0.3 is 43.8 Å². The summed E-state index contributed by atoms with van der Waals surface area (Å²) < 4.78 is 15.7. The molecule has 0 fully saturated rings. The van der Waals surface area contributed by atoms with Gasteiger partial charge in [-0.05, 0) is 0 Å². The zero-order valence-corrected chi connectivity index (χ0v) is 9.38. The van der Waals surface area contributed by atoms with Gasteiger partial charge in [0.2, 0.25) is 0 Å². The van der Waals surface area contributed by atoms with Crippen molar-refractivity contribution in [2.24, 2.45) is 0 Å². The van der Waals surface area contributed by atoms with Crippen molar-refractivity contribution in [3.8, 4) is 0 Å². The van der Waals surface area contributed by atoms with Gasteiger partial charge in [-0.2, -0.15) is 0 Å². The second kappa shape index (κ2) is 871. The van der Waals surface area contributed by atoms with Crippen LogP contribution < -0.4 is 0 Å². The van der Waals surface area contributed by atoms with E-state index in [4.69, 9.17) is 28.9 Å². The maximum Gasteiger partial charge on any atom is -0.0737 e. The summed E-state index contributed by atoms with van der Waals surface area (Å²) in [6, 6.07) is 0. The van der Waals surface area contributed by atoms with Crippen molar-refractivity contribution >= 4 is 16.0 Å². The molecule has 0 saturated heterocycles. The van der Waals surface area contributed by atoms with Crippen molar-refractivity contribution in [3.05, 3.63) is 0 Å². The van der Waals surface area contributed by atoms with Gasteiger partial charge in [-0.15, -0.1) is 0 Å². The molecule has 16 heteroatoms. The molecule has 0 heterocycles. The second-order valence-electron chi connectivity index (χ2n) is 0.163. The molecule has 0 bridgehead atoms. The minimum atomic E-state index is -1.56. The van der Waals surface area contributed by atoms with E-state index in [9.17, 15) is 0 Å². The van der Waals surface area contributed by atoms with E-state index < -0.39 is 16.0 Å². The molecule has 0 aromatic heterocycles. The van der Waals surface area contributed by atoms with E-state index in [1.807, 2.05) is 0 Å². The summed E-state index contributed by atoms with van der Waals surface area (Å²) >= 11 is -1.56. The van der Waals surface area contributed by atoms with Gasteiger partial charge in [-0.1, -0.05) is 5.04 Å². The normalized spacial score (nSPS) is 2.81. The maximum absolute atomic E-state index is 8.58. The topological polar surface area (TPSA) is 379 Å². The van der Waals surface area contributed by atoms with Crippen LogP contribution in [0.15, 0.2) is 0 Å². The molecule has 0 radical (unpaired) electrons. The van der Waals surface area contributed by atoms with Crippen LogP contribution >= 0.6 is 0 Å². The molecule has 15 nitrogen and oxygen atoms in total. The smallest absolute Gasteiger partial charge is 0.0737 e. The summed E-state index contributed by atoms with van der Waals surface area (Å²) in [5, 5.41) is 27.5. The Kier molecular flexibility index (Phi) is 8180. The monoisotopic (exact) mass is 336 g/mol. The van der Waals surface area contributed by atoms with Crippen molar-refractivity contribution in [2.75, 3.05) is 0 Å². The summed E-state index contributed by atoms with van der Waals surface area (Å²) in [6.45, 7) is 0. The molecule has 0 rings (SSSR count). The van der Waals surface area contributed by atoms with Crippen LogP contribution in [0, 0.1) is 0 Å². The predicted octanol–water partition coefficient (Wildman–Crippen LogP) is -7.69. The summed E-state index contributed by atoms with van der Waals surface area (Å²) in [4.78, 5) is 0. The predicted molar refractivity (Wildman–Crippen MR) is 49.2 cm³/mol. The zero-order chi connectivity index (χ0) is 7.41. The minimum Gasteiger partial charge on any atom is -0.255 e. The standard InChI is InChI=1S/AsHO2.H2O3.H2O2.8H2O/c2-1-3;1-3-2;1-2;;;;;;;;/h(H,2,3);1-2H;1-2H;8*1H2. The van der Waals surface area contributed by atoms with E-state index in [-0.39, 0.29) is 43.8 Å². The van der Waals surface area contributed by atoms with Crippen molar-refractivity contribution in [1.82, 2.24) is 0 Å². The van der Waals surface area contributed by atoms with E-state index >= 15 is 0 Å². The van der Waals surface area contributed by atoms with Crippen LogP contribution in [0.2, 0.25) is 0 Å². The summed E-state index contributed by atoms with van der Waals surface area (Å²) in [6.07, 6.45) is 0. The Morgan fingerprint density at radius 2 is 0.688 bits per heavy atom. The molecule has 0 unspecified atom stereocenters. The Bertz CT molecular complexity index is 19.4. The Labute approximate surface area is 94.7 Å². The molecule has 0 aliphatic carbocycles. The van der Waals surface area contributed by atoms with Crippen LogP contribution in [-0.2, 0) is 8.78 Å². The molecular formula is H21AsO15. The van der Waals surface area contributed by atoms with Gasteiger partial charge in [0.15, 0.2) is 0 Å². The van der Waals surface area contributed by atoms with Gasteiger partial charge in [-0.25, -0.2) is 10.5 Å². The Hall–Kier alpha value is -0.202. The third kappa shape index (κ3) is 55600. The van der Waals surface area contributed by atoms with Gasteiger partial charge >= 0.3 is 23.9 Å². The molecule has 0 atom stereocenters. The average Bonchev–Trinajstić information content (AvgIpc) is 1.75. The first-order valence-electron chi connectivity index (χ1n) is 0.948. The van der Waals surface area contributed by atoms with Crippen molar-refractivity contribution in [1.29, 1.82) is 0 Å². The zero-order valence-electron chi connectivity index (χ0n) is 7.50. The first-order chi connectivity index (χ1) is 3.83. The van der Waals surface area contributed by atoms with Crippen LogP contribution in [0.1, 0.15) is 0 Å². The van der Waals surface area contributed by atoms with Gasteiger partial charge in [0, 0.05) is 0 Å². The SMILES string of the molecule is O.O.O.O.O.O.O.O.O=[As]O.OO.OOO. The summed E-state index contributed by atoms with van der Waals surface area (Å²) in [5.41, 5.74) is 0. The van der Waals surface area contributed by atoms with Gasteiger partial charge in [0.25, 0.3) is 0 Å². The average molecular weight is 336 g/mol. The van der Waals surface area contributed by atoms with Gasteiger partial charge in [0.1, 0.15) is 0 Å². The van der Waals surface area contributed by atoms with Crippen LogP contribution in [0.25, 0.3) is 0 Å². The second-order valence-corrected chi connectivity index (χ2v) is 0.506. The number of hydrogen-bond donors (Lipinski definition) is 5. The van der Waals surface area contributed by atoms with E-state index in [0.29, 0.717) is 0 Å². The summed E-state index contributed by atoms with van der Waals surface area (Å²) in [5.74, 6) is 0. The molecule has 0 saturated carbocycles. The molecule has 0 amide bonds. The minimum absolute atomic E-state index is 0. The number of rotatable bonds is 0. The van der Waals surface area contributed by atoms with Crippen LogP contribution in [0.4, 0.5) is 0 Å².